The summed E-state index contributed by atoms with van der Waals surface area (Å²) in [6.07, 6.45) is 4.94. The van der Waals surface area contributed by atoms with Crippen molar-refractivity contribution in [3.63, 3.8) is 0 Å². The molecule has 2 aliphatic heterocycles. The number of nitrogens with one attached hydrogen (secondary N) is 1. The number of carbonyl (C=O) groups excluding carboxylic acids is 1. The van der Waals surface area contributed by atoms with Gasteiger partial charge in [-0.1, -0.05) is 30.9 Å². The fourth-order valence-corrected chi connectivity index (χ4v) is 5.14. The van der Waals surface area contributed by atoms with E-state index in [-0.39, 0.29) is 11.9 Å². The van der Waals surface area contributed by atoms with E-state index in [9.17, 15) is 13.2 Å². The Morgan fingerprint density at radius 2 is 1.89 bits per heavy atom. The fraction of sp³-hybridized carbons (Fsp3) is 0.400. The Hall–Kier alpha value is -3.44. The summed E-state index contributed by atoms with van der Waals surface area (Å²) in [5.74, 6) is 0.878. The molecule has 0 saturated carbocycles. The van der Waals surface area contributed by atoms with Crippen molar-refractivity contribution in [2.24, 2.45) is 0 Å². The Labute approximate surface area is 212 Å². The number of anilines is 3. The zero-order chi connectivity index (χ0) is 26.0. The van der Waals surface area contributed by atoms with Gasteiger partial charge in [0.15, 0.2) is 0 Å². The summed E-state index contributed by atoms with van der Waals surface area (Å²) in [5.41, 5.74) is 9.72. The molecule has 0 unspecified atom stereocenters. The lowest BCUT2D eigenvalue weighted by molar-refractivity contribution is 0.0726. The van der Waals surface area contributed by atoms with Gasteiger partial charge in [-0.15, -0.1) is 0 Å². The van der Waals surface area contributed by atoms with E-state index in [4.69, 9.17) is 10.7 Å². The summed E-state index contributed by atoms with van der Waals surface area (Å²) in [7, 11) is -3.26. The Kier molecular flexibility index (Phi) is 7.32. The van der Waals surface area contributed by atoms with Crippen LogP contribution in [0.3, 0.4) is 0 Å². The molecular formula is C25H33N7O3S. The van der Waals surface area contributed by atoms with Crippen molar-refractivity contribution in [3.8, 4) is 0 Å². The van der Waals surface area contributed by atoms with E-state index in [1.165, 1.54) is 10.6 Å². The molecule has 0 atom stereocenters. The quantitative estimate of drug-likeness (QED) is 0.408. The van der Waals surface area contributed by atoms with E-state index in [0.717, 1.165) is 16.7 Å². The van der Waals surface area contributed by atoms with Crippen molar-refractivity contribution in [1.29, 1.82) is 0 Å². The van der Waals surface area contributed by atoms with Crippen LogP contribution >= 0.6 is 0 Å². The van der Waals surface area contributed by atoms with Crippen LogP contribution in [0.4, 0.5) is 17.5 Å². The number of nitrogens with two attached hydrogens (primary N) is 1. The van der Waals surface area contributed by atoms with E-state index in [1.54, 1.807) is 11.0 Å². The minimum Gasteiger partial charge on any atom is -0.398 e. The maximum atomic E-state index is 13.1. The number of rotatable bonds is 8. The monoisotopic (exact) mass is 511 g/mol. The first-order valence-corrected chi connectivity index (χ1v) is 13.8. The molecule has 1 aromatic carbocycles. The predicted octanol–water partition coefficient (Wildman–Crippen LogP) is 2.19. The maximum Gasteiger partial charge on any atom is 0.273 e. The summed E-state index contributed by atoms with van der Waals surface area (Å²) >= 11 is 0. The van der Waals surface area contributed by atoms with Crippen molar-refractivity contribution in [2.75, 3.05) is 54.9 Å². The van der Waals surface area contributed by atoms with Gasteiger partial charge >= 0.3 is 0 Å². The van der Waals surface area contributed by atoms with Gasteiger partial charge in [0.05, 0.1) is 12.8 Å². The molecule has 1 saturated heterocycles. The van der Waals surface area contributed by atoms with Crippen LogP contribution in [0.5, 0.6) is 0 Å². The van der Waals surface area contributed by atoms with Crippen LogP contribution in [-0.4, -0.2) is 78.5 Å². The third-order valence-corrected chi connectivity index (χ3v) is 7.76. The number of amides is 1. The highest BCUT2D eigenvalue weighted by molar-refractivity contribution is 7.88. The molecule has 3 heterocycles. The molecule has 2 aliphatic rings. The van der Waals surface area contributed by atoms with Crippen molar-refractivity contribution in [3.05, 3.63) is 59.3 Å². The van der Waals surface area contributed by atoms with Crippen molar-refractivity contribution in [1.82, 2.24) is 19.2 Å². The lowest BCUT2D eigenvalue weighted by Gasteiger charge is -2.33. The molecular weight excluding hydrogens is 478 g/mol. The Balaban J connectivity index is 1.63. The summed E-state index contributed by atoms with van der Waals surface area (Å²) < 4.78 is 25.3. The number of hydrogen-bond donors (Lipinski definition) is 2. The molecule has 4 rings (SSSR count). The molecule has 0 spiro atoms. The highest BCUT2D eigenvalue weighted by Crippen LogP contribution is 2.31. The average Bonchev–Trinajstić information content (AvgIpc) is 3.19. The molecule has 3 N–H and O–H groups in total. The normalized spacial score (nSPS) is 17.0. The second-order valence-corrected chi connectivity index (χ2v) is 11.3. The van der Waals surface area contributed by atoms with Crippen LogP contribution in [0.1, 0.15) is 35.5 Å². The summed E-state index contributed by atoms with van der Waals surface area (Å²) in [4.78, 5) is 26.2. The number of carbonyl (C=O) groups is 1. The van der Waals surface area contributed by atoms with Crippen LogP contribution < -0.4 is 16.0 Å². The number of hydrogen-bond acceptors (Lipinski definition) is 8. The first kappa shape index (κ1) is 25.6. The zero-order valence-electron chi connectivity index (χ0n) is 20.9. The van der Waals surface area contributed by atoms with E-state index in [2.05, 4.69) is 16.9 Å². The van der Waals surface area contributed by atoms with E-state index in [0.29, 0.717) is 62.4 Å². The van der Waals surface area contributed by atoms with Crippen molar-refractivity contribution in [2.45, 2.75) is 26.4 Å². The standard InChI is InChI=1S/C25H33N7O3S/c1-5-18(14-19-8-6-7-9-21(19)26)15-27-23-20-16-32(17(2)3)24(33)22(20)28-25(29-23)30-10-12-31(13-11-30)36(4,34)35/h5-9,14,17H,1,10-13,15-16,26H2,2-4H3,(H,27,28,29)/b18-14+. The third kappa shape index (κ3) is 5.36. The molecule has 1 amide bonds. The highest BCUT2D eigenvalue weighted by Gasteiger charge is 2.35. The number of nitrogen functional groups attached to an aromatic ring is 1. The minimum atomic E-state index is -3.26. The van der Waals surface area contributed by atoms with Gasteiger partial charge in [0, 0.05) is 50.0 Å². The molecule has 1 aromatic heterocycles. The van der Waals surface area contributed by atoms with Gasteiger partial charge in [-0.2, -0.15) is 9.29 Å². The van der Waals surface area contributed by atoms with Gasteiger partial charge in [0.1, 0.15) is 11.5 Å². The number of piperazine rings is 1. The number of benzene rings is 1. The first-order valence-electron chi connectivity index (χ1n) is 11.9. The van der Waals surface area contributed by atoms with E-state index < -0.39 is 10.0 Å². The second-order valence-electron chi connectivity index (χ2n) is 9.28. The van der Waals surface area contributed by atoms with Gasteiger partial charge in [-0.05, 0) is 37.1 Å². The van der Waals surface area contributed by atoms with Crippen LogP contribution in [0, 0.1) is 0 Å². The highest BCUT2D eigenvalue weighted by atomic mass is 32.2. The van der Waals surface area contributed by atoms with Crippen molar-refractivity contribution >= 4 is 39.5 Å². The van der Waals surface area contributed by atoms with Crippen LogP contribution in [0.15, 0.2) is 42.5 Å². The Bertz CT molecular complexity index is 1300. The van der Waals surface area contributed by atoms with Gasteiger partial charge in [0.2, 0.25) is 16.0 Å². The molecule has 192 valence electrons. The Morgan fingerprint density at radius 3 is 2.50 bits per heavy atom. The topological polar surface area (TPSA) is 125 Å². The van der Waals surface area contributed by atoms with Gasteiger partial charge < -0.3 is 20.9 Å². The van der Waals surface area contributed by atoms with E-state index >= 15 is 0 Å². The maximum absolute atomic E-state index is 13.1. The number of para-hydroxylation sites is 1. The largest absolute Gasteiger partial charge is 0.398 e. The number of sulfonamides is 1. The zero-order valence-corrected chi connectivity index (χ0v) is 21.8. The minimum absolute atomic E-state index is 0.0194. The smallest absolute Gasteiger partial charge is 0.273 e. The molecule has 0 radical (unpaired) electrons. The lowest BCUT2D eigenvalue weighted by Crippen LogP contribution is -2.49. The lowest BCUT2D eigenvalue weighted by atomic mass is 10.1. The van der Waals surface area contributed by atoms with Gasteiger partial charge in [0.25, 0.3) is 5.91 Å². The average molecular weight is 512 g/mol. The fourth-order valence-electron chi connectivity index (χ4n) is 4.31. The molecule has 11 heteroatoms. The first-order chi connectivity index (χ1) is 17.1. The molecule has 10 nitrogen and oxygen atoms in total. The molecule has 36 heavy (non-hydrogen) atoms. The third-order valence-electron chi connectivity index (χ3n) is 6.46. The van der Waals surface area contributed by atoms with Gasteiger partial charge in [-0.3, -0.25) is 4.79 Å². The summed E-state index contributed by atoms with van der Waals surface area (Å²) in [6.45, 7) is 10.3. The molecule has 2 aromatic rings. The van der Waals surface area contributed by atoms with Gasteiger partial charge in [-0.25, -0.2) is 13.4 Å². The number of nitrogens with zero attached hydrogens (tertiary/aromatic N) is 5. The number of aromatic nitrogens is 2. The molecule has 1 fully saturated rings. The SMILES string of the molecule is C=C/C(=C\c1ccccc1N)CNc1nc(N2CCN(S(C)(=O)=O)CC2)nc2c1CN(C(C)C)C2=O. The number of fused-ring (bicyclic) bond motifs is 1. The summed E-state index contributed by atoms with van der Waals surface area (Å²) in [6, 6.07) is 7.62. The predicted molar refractivity (Wildman–Crippen MR) is 143 cm³/mol. The van der Waals surface area contributed by atoms with Crippen LogP contribution in [0.25, 0.3) is 6.08 Å². The van der Waals surface area contributed by atoms with Crippen LogP contribution in [0.2, 0.25) is 0 Å². The Morgan fingerprint density at radius 1 is 1.19 bits per heavy atom. The molecule has 0 aliphatic carbocycles. The molecule has 0 bridgehead atoms. The van der Waals surface area contributed by atoms with Crippen LogP contribution in [-0.2, 0) is 16.6 Å². The second kappa shape index (κ2) is 10.3. The van der Waals surface area contributed by atoms with Crippen molar-refractivity contribution < 1.29 is 13.2 Å². The van der Waals surface area contributed by atoms with E-state index in [1.807, 2.05) is 49.1 Å². The summed E-state index contributed by atoms with van der Waals surface area (Å²) in [5, 5.41) is 3.38.